The molecule has 6 nitrogen and oxygen atoms in total. The Morgan fingerprint density at radius 1 is 1.04 bits per heavy atom. The summed E-state index contributed by atoms with van der Waals surface area (Å²) in [5, 5.41) is 0.485. The molecule has 0 saturated carbocycles. The number of hydrogen-bond donors (Lipinski definition) is 0. The summed E-state index contributed by atoms with van der Waals surface area (Å²) in [5.41, 5.74) is 1.18. The lowest BCUT2D eigenvalue weighted by molar-refractivity contribution is -0.120. The first-order chi connectivity index (χ1) is 12.5. The number of methoxy groups -OCH3 is 2. The molecule has 2 amide bonds. The van der Waals surface area contributed by atoms with E-state index in [0.717, 1.165) is 11.4 Å². The summed E-state index contributed by atoms with van der Waals surface area (Å²) in [6.45, 7) is 0.867. The topological polar surface area (TPSA) is 59.1 Å². The quantitative estimate of drug-likeness (QED) is 0.825. The number of ether oxygens (including phenoxy) is 2. The Bertz CT molecular complexity index is 823. The molecular weight excluding hydrogens is 356 g/mol. The fourth-order valence-electron chi connectivity index (χ4n) is 2.89. The predicted octanol–water partition coefficient (Wildman–Crippen LogP) is 2.85. The van der Waals surface area contributed by atoms with E-state index < -0.39 is 0 Å². The molecule has 136 valence electrons. The molecule has 0 unspecified atom stereocenters. The summed E-state index contributed by atoms with van der Waals surface area (Å²) >= 11 is 5.94. The van der Waals surface area contributed by atoms with Gasteiger partial charge in [-0.1, -0.05) is 11.6 Å². The van der Waals surface area contributed by atoms with Gasteiger partial charge in [-0.25, -0.2) is 0 Å². The number of hydrogen-bond acceptors (Lipinski definition) is 4. The zero-order valence-corrected chi connectivity index (χ0v) is 15.3. The number of nitrogens with zero attached hydrogens (tertiary/aromatic N) is 2. The molecular formula is C19H19ClN2O4. The van der Waals surface area contributed by atoms with Crippen molar-refractivity contribution < 1.29 is 19.1 Å². The van der Waals surface area contributed by atoms with Gasteiger partial charge in [0.05, 0.1) is 19.8 Å². The van der Waals surface area contributed by atoms with E-state index >= 15 is 0 Å². The van der Waals surface area contributed by atoms with Gasteiger partial charge in [-0.2, -0.15) is 0 Å². The number of benzene rings is 2. The van der Waals surface area contributed by atoms with E-state index in [2.05, 4.69) is 0 Å². The van der Waals surface area contributed by atoms with Crippen LogP contribution in [-0.4, -0.2) is 50.6 Å². The van der Waals surface area contributed by atoms with Gasteiger partial charge >= 0.3 is 0 Å². The van der Waals surface area contributed by atoms with Gasteiger partial charge in [-0.3, -0.25) is 9.59 Å². The Kier molecular flexibility index (Phi) is 5.32. The molecule has 0 aliphatic carbocycles. The molecule has 1 aliphatic heterocycles. The van der Waals surface area contributed by atoms with Crippen LogP contribution in [0.15, 0.2) is 42.5 Å². The van der Waals surface area contributed by atoms with Gasteiger partial charge in [-0.15, -0.1) is 0 Å². The summed E-state index contributed by atoms with van der Waals surface area (Å²) in [6, 6.07) is 12.1. The zero-order chi connectivity index (χ0) is 18.7. The highest BCUT2D eigenvalue weighted by molar-refractivity contribution is 6.30. The van der Waals surface area contributed by atoms with Crippen molar-refractivity contribution >= 4 is 29.1 Å². The fourth-order valence-corrected chi connectivity index (χ4v) is 3.06. The van der Waals surface area contributed by atoms with Crippen LogP contribution in [0.5, 0.6) is 11.5 Å². The highest BCUT2D eigenvalue weighted by Gasteiger charge is 2.29. The van der Waals surface area contributed by atoms with Crippen molar-refractivity contribution in [3.8, 4) is 11.5 Å². The summed E-state index contributed by atoms with van der Waals surface area (Å²) < 4.78 is 10.4. The summed E-state index contributed by atoms with van der Waals surface area (Å²) in [4.78, 5) is 28.5. The third-order valence-electron chi connectivity index (χ3n) is 4.29. The highest BCUT2D eigenvalue weighted by atomic mass is 35.5. The van der Waals surface area contributed by atoms with Crippen molar-refractivity contribution in [3.05, 3.63) is 53.1 Å². The van der Waals surface area contributed by atoms with Crippen LogP contribution in [0.1, 0.15) is 10.4 Å². The molecule has 1 fully saturated rings. The fraction of sp³-hybridized carbons (Fsp3) is 0.263. The minimum Gasteiger partial charge on any atom is -0.497 e. The molecule has 0 N–H and O–H groups in total. The second kappa shape index (κ2) is 7.66. The molecule has 0 spiro atoms. The van der Waals surface area contributed by atoms with E-state index in [0.29, 0.717) is 29.4 Å². The molecule has 7 heteroatoms. The second-order valence-electron chi connectivity index (χ2n) is 5.81. The molecule has 1 saturated heterocycles. The molecule has 1 aliphatic rings. The van der Waals surface area contributed by atoms with Gasteiger partial charge in [0.2, 0.25) is 5.91 Å². The minimum absolute atomic E-state index is 0.0106. The first kappa shape index (κ1) is 18.1. The lowest BCUT2D eigenvalue weighted by Gasteiger charge is -2.34. The van der Waals surface area contributed by atoms with E-state index in [4.69, 9.17) is 21.1 Å². The van der Waals surface area contributed by atoms with Gasteiger partial charge < -0.3 is 19.3 Å². The minimum atomic E-state index is -0.249. The Balaban J connectivity index is 1.74. The van der Waals surface area contributed by atoms with E-state index in [-0.39, 0.29) is 18.4 Å². The number of anilines is 1. The molecule has 0 bridgehead atoms. The Morgan fingerprint density at radius 3 is 2.38 bits per heavy atom. The smallest absolute Gasteiger partial charge is 0.258 e. The third kappa shape index (κ3) is 3.60. The van der Waals surface area contributed by atoms with Gasteiger partial charge in [-0.05, 0) is 42.5 Å². The van der Waals surface area contributed by atoms with Crippen LogP contribution in [0.25, 0.3) is 0 Å². The number of carbonyl (C=O) groups excluding carboxylic acids is 2. The molecule has 1 heterocycles. The normalized spacial score (nSPS) is 14.3. The Hall–Kier alpha value is -2.73. The largest absolute Gasteiger partial charge is 0.497 e. The molecule has 3 rings (SSSR count). The van der Waals surface area contributed by atoms with E-state index in [1.54, 1.807) is 42.3 Å². The molecule has 0 atom stereocenters. The van der Waals surface area contributed by atoms with Gasteiger partial charge in [0.1, 0.15) is 18.0 Å². The number of rotatable bonds is 4. The van der Waals surface area contributed by atoms with Crippen LogP contribution >= 0.6 is 11.6 Å². The van der Waals surface area contributed by atoms with Crippen LogP contribution in [0.2, 0.25) is 5.02 Å². The van der Waals surface area contributed by atoms with Gasteiger partial charge in [0.15, 0.2) is 0 Å². The van der Waals surface area contributed by atoms with E-state index in [1.165, 1.54) is 12.0 Å². The third-order valence-corrected chi connectivity index (χ3v) is 4.52. The summed E-state index contributed by atoms with van der Waals surface area (Å²) in [5.74, 6) is 0.737. The molecule has 26 heavy (non-hydrogen) atoms. The zero-order valence-electron chi connectivity index (χ0n) is 14.6. The van der Waals surface area contributed by atoms with Crippen LogP contribution in [0.3, 0.4) is 0 Å². The second-order valence-corrected chi connectivity index (χ2v) is 6.25. The maximum atomic E-state index is 12.8. The molecule has 2 aromatic rings. The Morgan fingerprint density at radius 2 is 1.77 bits per heavy atom. The van der Waals surface area contributed by atoms with E-state index in [9.17, 15) is 9.59 Å². The number of carbonyl (C=O) groups is 2. The maximum Gasteiger partial charge on any atom is 0.258 e. The van der Waals surface area contributed by atoms with Crippen LogP contribution < -0.4 is 14.4 Å². The van der Waals surface area contributed by atoms with Gasteiger partial charge in [0.25, 0.3) is 5.91 Å². The van der Waals surface area contributed by atoms with Crippen LogP contribution in [-0.2, 0) is 4.79 Å². The first-order valence-corrected chi connectivity index (χ1v) is 8.48. The standard InChI is InChI=1S/C19H19ClN2O4/c1-25-15-6-4-14(5-7-15)22-10-9-21(12-18(22)23)19(24)16-8-3-13(20)11-17(16)26-2/h3-8,11H,9-10,12H2,1-2H3. The highest BCUT2D eigenvalue weighted by Crippen LogP contribution is 2.26. The van der Waals surface area contributed by atoms with Crippen molar-refractivity contribution in [2.75, 3.05) is 38.8 Å². The van der Waals surface area contributed by atoms with Crippen molar-refractivity contribution in [2.45, 2.75) is 0 Å². The lowest BCUT2D eigenvalue weighted by atomic mass is 10.1. The van der Waals surface area contributed by atoms with Gasteiger partial charge in [0, 0.05) is 23.8 Å². The average molecular weight is 375 g/mol. The van der Waals surface area contributed by atoms with Crippen molar-refractivity contribution in [1.29, 1.82) is 0 Å². The van der Waals surface area contributed by atoms with Crippen molar-refractivity contribution in [1.82, 2.24) is 4.90 Å². The summed E-state index contributed by atoms with van der Waals surface area (Å²) in [6.07, 6.45) is 0. The number of halogens is 1. The van der Waals surface area contributed by atoms with Crippen molar-refractivity contribution in [2.24, 2.45) is 0 Å². The Labute approximate surface area is 156 Å². The van der Waals surface area contributed by atoms with E-state index in [1.807, 2.05) is 12.1 Å². The number of amides is 2. The molecule has 0 radical (unpaired) electrons. The SMILES string of the molecule is COc1ccc(N2CCN(C(=O)c3ccc(Cl)cc3OC)CC2=O)cc1. The monoisotopic (exact) mass is 374 g/mol. The predicted molar refractivity (Wildman–Crippen MR) is 99.3 cm³/mol. The molecule has 0 aromatic heterocycles. The van der Waals surface area contributed by atoms with Crippen molar-refractivity contribution in [3.63, 3.8) is 0 Å². The first-order valence-electron chi connectivity index (χ1n) is 8.10. The average Bonchev–Trinajstić information content (AvgIpc) is 2.67. The summed E-state index contributed by atoms with van der Waals surface area (Å²) in [7, 11) is 3.07. The maximum absolute atomic E-state index is 12.8. The lowest BCUT2D eigenvalue weighted by Crippen LogP contribution is -2.52. The molecule has 2 aromatic carbocycles. The van der Waals surface area contributed by atoms with Crippen LogP contribution in [0.4, 0.5) is 5.69 Å². The van der Waals surface area contributed by atoms with Crippen LogP contribution in [0, 0.1) is 0 Å². The number of piperazine rings is 1.